The van der Waals surface area contributed by atoms with E-state index in [1.807, 2.05) is 6.92 Å². The number of benzene rings is 2. The summed E-state index contributed by atoms with van der Waals surface area (Å²) in [4.78, 5) is 13.6. The lowest BCUT2D eigenvalue weighted by Gasteiger charge is -2.31. The summed E-state index contributed by atoms with van der Waals surface area (Å²) in [6.07, 6.45) is -4.82. The molecular weight excluding hydrogens is 417 g/mol. The fourth-order valence-electron chi connectivity index (χ4n) is 3.53. The molecule has 0 amide bonds. The number of aryl methyl sites for hydroxylation is 1. The average Bonchev–Trinajstić information content (AvgIpc) is 3.25. The molecule has 1 aliphatic rings. The summed E-state index contributed by atoms with van der Waals surface area (Å²) < 4.78 is 47.6. The molecule has 0 radical (unpaired) electrons. The zero-order chi connectivity index (χ0) is 21.7. The summed E-state index contributed by atoms with van der Waals surface area (Å²) in [5.41, 5.74) is -3.47. The summed E-state index contributed by atoms with van der Waals surface area (Å²) in [6, 6.07) is 14.6. The van der Waals surface area contributed by atoms with E-state index in [9.17, 15) is 28.2 Å². The first kappa shape index (κ1) is 20.0. The zero-order valence-corrected chi connectivity index (χ0v) is 16.3. The van der Waals surface area contributed by atoms with E-state index in [4.69, 9.17) is 4.74 Å². The second-order valence-corrected chi connectivity index (χ2v) is 8.09. The Kier molecular flexibility index (Phi) is 4.62. The van der Waals surface area contributed by atoms with Crippen LogP contribution in [0.1, 0.15) is 21.6 Å². The van der Waals surface area contributed by atoms with Crippen molar-refractivity contribution < 1.29 is 32.9 Å². The van der Waals surface area contributed by atoms with Crippen molar-refractivity contribution in [3.63, 3.8) is 0 Å². The van der Waals surface area contributed by atoms with Gasteiger partial charge in [-0.25, -0.2) is 4.79 Å². The molecule has 2 heterocycles. The maximum absolute atomic E-state index is 14.1. The van der Waals surface area contributed by atoms with Crippen LogP contribution in [-0.2, 0) is 21.3 Å². The lowest BCUT2D eigenvalue weighted by atomic mass is 9.81. The number of carbonyl (C=O) groups excluding carboxylic acids is 1. The van der Waals surface area contributed by atoms with Crippen molar-refractivity contribution in [3.8, 4) is 10.4 Å². The molecule has 4 rings (SSSR count). The van der Waals surface area contributed by atoms with Gasteiger partial charge in [0.2, 0.25) is 11.4 Å². The maximum atomic E-state index is 14.1. The monoisotopic (exact) mass is 432 g/mol. The maximum Gasteiger partial charge on any atom is 0.416 e. The number of rotatable bonds is 3. The number of halogens is 3. The summed E-state index contributed by atoms with van der Waals surface area (Å²) in [6.45, 7) is 1.85. The number of alkyl halides is 3. The van der Waals surface area contributed by atoms with Gasteiger partial charge in [-0.3, -0.25) is 0 Å². The second-order valence-electron chi connectivity index (χ2n) is 6.80. The van der Waals surface area contributed by atoms with Gasteiger partial charge in [-0.05, 0) is 30.7 Å². The smallest absolute Gasteiger partial charge is 0.416 e. The van der Waals surface area contributed by atoms with Crippen LogP contribution >= 0.6 is 11.3 Å². The van der Waals surface area contributed by atoms with Crippen molar-refractivity contribution in [1.29, 1.82) is 0 Å². The van der Waals surface area contributed by atoms with Crippen LogP contribution in [0.15, 0.2) is 72.2 Å². The minimum atomic E-state index is -4.82. The Hall–Kier alpha value is -3.26. The van der Waals surface area contributed by atoms with Crippen molar-refractivity contribution in [1.82, 2.24) is 0 Å². The fraction of sp³-hybridized carbons (Fsp3) is 0.136. The van der Waals surface area contributed by atoms with Crippen LogP contribution in [0.2, 0.25) is 0 Å². The second kappa shape index (κ2) is 6.91. The molecule has 0 aliphatic carbocycles. The van der Waals surface area contributed by atoms with Crippen molar-refractivity contribution >= 4 is 17.3 Å². The highest BCUT2D eigenvalue weighted by Gasteiger charge is 2.55. The van der Waals surface area contributed by atoms with E-state index in [1.54, 1.807) is 18.2 Å². The van der Waals surface area contributed by atoms with Crippen LogP contribution < -0.4 is 0 Å². The molecule has 2 aromatic carbocycles. The molecule has 1 atom stereocenters. The Labute approximate surface area is 173 Å². The highest BCUT2D eigenvalue weighted by atomic mass is 32.1. The van der Waals surface area contributed by atoms with Gasteiger partial charge in [-0.2, -0.15) is 13.2 Å². The summed E-state index contributed by atoms with van der Waals surface area (Å²) in [5, 5.41) is 20.5. The summed E-state index contributed by atoms with van der Waals surface area (Å²) >= 11 is 1.34. The van der Waals surface area contributed by atoms with E-state index in [2.05, 4.69) is 0 Å². The van der Waals surface area contributed by atoms with Gasteiger partial charge in [0, 0.05) is 20.9 Å². The number of hydrogen-bond donors (Lipinski definition) is 2. The van der Waals surface area contributed by atoms with Gasteiger partial charge in [0.25, 0.3) is 0 Å². The van der Waals surface area contributed by atoms with Gasteiger partial charge < -0.3 is 14.9 Å². The Morgan fingerprint density at radius 3 is 2.23 bits per heavy atom. The molecule has 154 valence electrons. The van der Waals surface area contributed by atoms with E-state index in [0.29, 0.717) is 10.4 Å². The molecule has 0 fully saturated rings. The number of carbonyl (C=O) groups is 1. The molecule has 0 saturated carbocycles. The van der Waals surface area contributed by atoms with E-state index < -0.39 is 40.4 Å². The number of aliphatic hydroxyl groups excluding tert-OH is 2. The molecule has 0 spiro atoms. The number of thiophene rings is 1. The van der Waals surface area contributed by atoms with E-state index in [0.717, 1.165) is 10.9 Å². The summed E-state index contributed by atoms with van der Waals surface area (Å²) in [7, 11) is 0. The molecule has 1 aliphatic heterocycles. The molecular formula is C22H15F3O4S. The van der Waals surface area contributed by atoms with Gasteiger partial charge in [-0.15, -0.1) is 11.3 Å². The first-order valence-corrected chi connectivity index (χ1v) is 9.66. The first-order valence-electron chi connectivity index (χ1n) is 8.84. The van der Waals surface area contributed by atoms with E-state index >= 15 is 0 Å². The topological polar surface area (TPSA) is 66.8 Å². The normalized spacial score (nSPS) is 19.3. The predicted octanol–water partition coefficient (Wildman–Crippen LogP) is 5.87. The molecule has 8 heteroatoms. The molecule has 2 N–H and O–H groups in total. The Balaban J connectivity index is 2.02. The highest BCUT2D eigenvalue weighted by Crippen LogP contribution is 2.50. The van der Waals surface area contributed by atoms with Gasteiger partial charge >= 0.3 is 12.1 Å². The standard InChI is InChI=1S/C22H15F3O4S/c1-12-7-10-17(30-12)13-8-9-15(16(11-13)22(23,24)25)21(14-5-3-2-4-6-14)19(27)18(26)20(28)29-21/h2-11,26-27H,1H3. The van der Waals surface area contributed by atoms with Gasteiger partial charge in [-0.1, -0.05) is 42.5 Å². The van der Waals surface area contributed by atoms with Crippen LogP contribution in [0, 0.1) is 6.92 Å². The van der Waals surface area contributed by atoms with Crippen LogP contribution in [0.4, 0.5) is 13.2 Å². The van der Waals surface area contributed by atoms with Crippen molar-refractivity contribution in [2.24, 2.45) is 0 Å². The largest absolute Gasteiger partial charge is 0.504 e. The van der Waals surface area contributed by atoms with Gasteiger partial charge in [0.05, 0.1) is 5.56 Å². The molecule has 0 saturated heterocycles. The van der Waals surface area contributed by atoms with Crippen LogP contribution in [0.25, 0.3) is 10.4 Å². The van der Waals surface area contributed by atoms with E-state index in [1.165, 1.54) is 47.7 Å². The van der Waals surface area contributed by atoms with Crippen LogP contribution in [0.5, 0.6) is 0 Å². The van der Waals surface area contributed by atoms with Gasteiger partial charge in [0.15, 0.2) is 5.76 Å². The lowest BCUT2D eigenvalue weighted by molar-refractivity contribution is -0.151. The Bertz CT molecular complexity index is 1160. The predicted molar refractivity (Wildman–Crippen MR) is 105 cm³/mol. The zero-order valence-electron chi connectivity index (χ0n) is 15.5. The van der Waals surface area contributed by atoms with Crippen molar-refractivity contribution in [2.45, 2.75) is 18.7 Å². The number of hydrogen-bond acceptors (Lipinski definition) is 5. The molecule has 4 nitrogen and oxygen atoms in total. The SMILES string of the molecule is Cc1ccc(-c2ccc(C3(c4ccccc4)OC(=O)C(O)=C3O)c(C(F)(F)F)c2)s1. The average molecular weight is 432 g/mol. The molecule has 0 bridgehead atoms. The molecule has 30 heavy (non-hydrogen) atoms. The Morgan fingerprint density at radius 1 is 1.00 bits per heavy atom. The molecule has 1 aromatic heterocycles. The van der Waals surface area contributed by atoms with E-state index in [-0.39, 0.29) is 5.56 Å². The quantitative estimate of drug-likeness (QED) is 0.508. The summed E-state index contributed by atoms with van der Waals surface area (Å²) in [5.74, 6) is -3.41. The van der Waals surface area contributed by atoms with Gasteiger partial charge in [0.1, 0.15) is 0 Å². The van der Waals surface area contributed by atoms with Crippen molar-refractivity contribution in [3.05, 3.63) is 93.7 Å². The third kappa shape index (κ3) is 3.04. The molecule has 1 unspecified atom stereocenters. The highest BCUT2D eigenvalue weighted by molar-refractivity contribution is 7.15. The minimum Gasteiger partial charge on any atom is -0.504 e. The third-order valence-electron chi connectivity index (χ3n) is 4.91. The number of ether oxygens (including phenoxy) is 1. The number of cyclic esters (lactones) is 1. The van der Waals surface area contributed by atoms with Crippen LogP contribution in [-0.4, -0.2) is 16.2 Å². The fourth-order valence-corrected chi connectivity index (χ4v) is 4.40. The number of esters is 1. The van der Waals surface area contributed by atoms with Crippen LogP contribution in [0.3, 0.4) is 0 Å². The Morgan fingerprint density at radius 2 is 1.70 bits per heavy atom. The third-order valence-corrected chi connectivity index (χ3v) is 5.96. The first-order chi connectivity index (χ1) is 14.1. The lowest BCUT2D eigenvalue weighted by Crippen LogP contribution is -2.33. The van der Waals surface area contributed by atoms with Crippen molar-refractivity contribution in [2.75, 3.05) is 0 Å². The minimum absolute atomic E-state index is 0.0742. The number of aliphatic hydroxyl groups is 2. The molecule has 3 aromatic rings.